The van der Waals surface area contributed by atoms with Crippen LogP contribution in [0.15, 0.2) is 71.3 Å². The van der Waals surface area contributed by atoms with Gasteiger partial charge in [-0.05, 0) is 63.3 Å². The third-order valence-electron chi connectivity index (χ3n) is 5.03. The second-order valence-corrected chi connectivity index (χ2v) is 8.20. The molecule has 1 N–H and O–H groups in total. The number of pyridine rings is 1. The molecule has 0 radical (unpaired) electrons. The summed E-state index contributed by atoms with van der Waals surface area (Å²) in [6.07, 6.45) is -2.27. The Bertz CT molecular complexity index is 1280. The van der Waals surface area contributed by atoms with Crippen LogP contribution in [0.3, 0.4) is 0 Å². The van der Waals surface area contributed by atoms with Gasteiger partial charge < -0.3 is 10.1 Å². The topological polar surface area (TPSA) is 55.6 Å². The molecule has 0 saturated carbocycles. The number of halogens is 4. The lowest BCUT2D eigenvalue weighted by Gasteiger charge is -2.10. The van der Waals surface area contributed by atoms with Crippen molar-refractivity contribution in [2.45, 2.75) is 26.3 Å². The van der Waals surface area contributed by atoms with E-state index in [4.69, 9.17) is 0 Å². The van der Waals surface area contributed by atoms with Gasteiger partial charge in [0.1, 0.15) is 17.1 Å². The molecule has 2 aromatic carbocycles. The summed E-state index contributed by atoms with van der Waals surface area (Å²) in [5.41, 5.74) is 4.41. The molecule has 0 fully saturated rings. The number of benzene rings is 2. The van der Waals surface area contributed by atoms with Crippen molar-refractivity contribution in [2.24, 2.45) is 0 Å². The minimum atomic E-state index is -4.72. The first kappa shape index (κ1) is 22.8. The van der Waals surface area contributed by atoms with E-state index in [1.54, 1.807) is 16.5 Å². The minimum absolute atomic E-state index is 0.221. The Morgan fingerprint density at radius 2 is 1.67 bits per heavy atom. The summed E-state index contributed by atoms with van der Waals surface area (Å²) in [6, 6.07) is 16.8. The Hall–Kier alpha value is -3.33. The number of rotatable bonds is 6. The van der Waals surface area contributed by atoms with E-state index in [2.05, 4.69) is 31.0 Å². The van der Waals surface area contributed by atoms with Gasteiger partial charge in [-0.1, -0.05) is 43.3 Å². The summed E-state index contributed by atoms with van der Waals surface area (Å²) in [6.45, 7) is 2.27. The molecule has 0 saturated heterocycles. The number of carbonyl (C=O) groups excluding carboxylic acids is 1. The molecule has 0 spiro atoms. The zero-order valence-corrected chi connectivity index (χ0v) is 19.1. The molecule has 4 rings (SSSR count). The van der Waals surface area contributed by atoms with Gasteiger partial charge in [0.2, 0.25) is 0 Å². The highest BCUT2D eigenvalue weighted by Crippen LogP contribution is 2.27. The van der Waals surface area contributed by atoms with Crippen molar-refractivity contribution in [3.63, 3.8) is 0 Å². The molecule has 5 nitrogen and oxygen atoms in total. The monoisotopic (exact) mass is 517 g/mol. The van der Waals surface area contributed by atoms with E-state index in [1.807, 2.05) is 49.5 Å². The number of amides is 1. The van der Waals surface area contributed by atoms with Crippen molar-refractivity contribution >= 4 is 27.5 Å². The average molecular weight is 518 g/mol. The molecule has 0 unspecified atom stereocenters. The number of aryl methyl sites for hydroxylation is 1. The number of hydrogen-bond donors (Lipinski definition) is 1. The van der Waals surface area contributed by atoms with Gasteiger partial charge in [-0.2, -0.15) is 0 Å². The normalized spacial score (nSPS) is 11.5. The van der Waals surface area contributed by atoms with Gasteiger partial charge in [0.25, 0.3) is 5.91 Å². The number of carbonyl (C=O) groups is 1. The fourth-order valence-electron chi connectivity index (χ4n) is 3.48. The van der Waals surface area contributed by atoms with Crippen LogP contribution in [0.2, 0.25) is 0 Å². The first-order valence-corrected chi connectivity index (χ1v) is 10.9. The maximum absolute atomic E-state index is 12.9. The highest BCUT2D eigenvalue weighted by atomic mass is 79.9. The average Bonchev–Trinajstić information content (AvgIpc) is 3.15. The van der Waals surface area contributed by atoms with Crippen molar-refractivity contribution in [1.29, 1.82) is 0 Å². The Labute approximate surface area is 196 Å². The number of fused-ring (bicyclic) bond motifs is 1. The van der Waals surface area contributed by atoms with Crippen LogP contribution in [0.25, 0.3) is 16.8 Å². The Balaban J connectivity index is 1.44. The highest BCUT2D eigenvalue weighted by Gasteiger charge is 2.31. The third kappa shape index (κ3) is 5.36. The smallest absolute Gasteiger partial charge is 0.406 e. The first-order chi connectivity index (χ1) is 15.7. The molecule has 4 aromatic rings. The lowest BCUT2D eigenvalue weighted by molar-refractivity contribution is -0.274. The number of imidazole rings is 1. The second-order valence-electron chi connectivity index (χ2n) is 7.29. The molecule has 0 atom stereocenters. The van der Waals surface area contributed by atoms with Gasteiger partial charge in [0.15, 0.2) is 0 Å². The molecule has 2 aromatic heterocycles. The predicted molar refractivity (Wildman–Crippen MR) is 122 cm³/mol. The number of nitrogens with zero attached hydrogens (tertiary/aromatic N) is 2. The van der Waals surface area contributed by atoms with Crippen LogP contribution in [0, 0.1) is 0 Å². The van der Waals surface area contributed by atoms with E-state index in [9.17, 15) is 18.0 Å². The van der Waals surface area contributed by atoms with Crippen LogP contribution >= 0.6 is 15.9 Å². The van der Waals surface area contributed by atoms with Crippen molar-refractivity contribution < 1.29 is 22.7 Å². The SMILES string of the molecule is CCc1nc2ccc(Br)cn2c1C(=O)NCc1ccc(-c2ccc(OC(F)(F)F)cc2)cc1. The Kier molecular flexibility index (Phi) is 6.42. The number of nitrogens with one attached hydrogen (secondary N) is 1. The molecular weight excluding hydrogens is 499 g/mol. The molecule has 170 valence electrons. The van der Waals surface area contributed by atoms with Crippen LogP contribution in [0.1, 0.15) is 28.7 Å². The van der Waals surface area contributed by atoms with Gasteiger partial charge in [-0.25, -0.2) is 4.98 Å². The Morgan fingerprint density at radius 1 is 1.03 bits per heavy atom. The molecule has 2 heterocycles. The fraction of sp³-hybridized carbons (Fsp3) is 0.167. The quantitative estimate of drug-likeness (QED) is 0.333. The van der Waals surface area contributed by atoms with Crippen molar-refractivity contribution in [1.82, 2.24) is 14.7 Å². The number of ether oxygens (including phenoxy) is 1. The minimum Gasteiger partial charge on any atom is -0.406 e. The standard InChI is InChI=1S/C24H19BrF3N3O2/c1-2-20-22(31-14-18(25)9-12-21(31)30-20)23(32)29-13-15-3-5-16(6-4-15)17-7-10-19(11-8-17)33-24(26,27)28/h3-12,14H,2,13H2,1H3,(H,29,32). The molecule has 0 aliphatic carbocycles. The van der Waals surface area contributed by atoms with E-state index in [0.717, 1.165) is 26.9 Å². The summed E-state index contributed by atoms with van der Waals surface area (Å²) in [7, 11) is 0. The second kappa shape index (κ2) is 9.27. The van der Waals surface area contributed by atoms with Crippen molar-refractivity contribution in [3.8, 4) is 16.9 Å². The van der Waals surface area contributed by atoms with Crippen LogP contribution < -0.4 is 10.1 Å². The third-order valence-corrected chi connectivity index (χ3v) is 5.50. The van der Waals surface area contributed by atoms with Gasteiger partial charge in [-0.15, -0.1) is 13.2 Å². The summed E-state index contributed by atoms with van der Waals surface area (Å²) < 4.78 is 43.4. The maximum atomic E-state index is 12.9. The lowest BCUT2D eigenvalue weighted by atomic mass is 10.0. The molecule has 1 amide bonds. The van der Waals surface area contributed by atoms with Crippen molar-refractivity contribution in [2.75, 3.05) is 0 Å². The molecule has 0 bridgehead atoms. The van der Waals surface area contributed by atoms with Gasteiger partial charge in [0, 0.05) is 17.2 Å². The van der Waals surface area contributed by atoms with Crippen LogP contribution in [-0.2, 0) is 13.0 Å². The van der Waals surface area contributed by atoms with E-state index >= 15 is 0 Å². The number of hydrogen-bond acceptors (Lipinski definition) is 3. The first-order valence-electron chi connectivity index (χ1n) is 10.1. The molecular formula is C24H19BrF3N3O2. The number of alkyl halides is 3. The van der Waals surface area contributed by atoms with Crippen molar-refractivity contribution in [3.05, 3.63) is 88.3 Å². The number of aromatic nitrogens is 2. The summed E-state index contributed by atoms with van der Waals surface area (Å²) in [4.78, 5) is 17.5. The molecule has 0 aliphatic rings. The van der Waals surface area contributed by atoms with Gasteiger partial charge >= 0.3 is 6.36 Å². The van der Waals surface area contributed by atoms with Crippen LogP contribution in [-0.4, -0.2) is 21.7 Å². The fourth-order valence-corrected chi connectivity index (χ4v) is 3.82. The lowest BCUT2D eigenvalue weighted by Crippen LogP contribution is -2.25. The summed E-state index contributed by atoms with van der Waals surface area (Å²) in [5.74, 6) is -0.488. The van der Waals surface area contributed by atoms with Crippen LogP contribution in [0.4, 0.5) is 13.2 Å². The largest absolute Gasteiger partial charge is 0.573 e. The summed E-state index contributed by atoms with van der Waals surface area (Å²) >= 11 is 3.43. The van der Waals surface area contributed by atoms with Crippen LogP contribution in [0.5, 0.6) is 5.75 Å². The van der Waals surface area contributed by atoms with E-state index in [0.29, 0.717) is 24.3 Å². The predicted octanol–water partition coefficient (Wildman–Crippen LogP) is 6.15. The zero-order chi connectivity index (χ0) is 23.6. The van der Waals surface area contributed by atoms with E-state index in [1.165, 1.54) is 12.1 Å². The van der Waals surface area contributed by atoms with Gasteiger partial charge in [0.05, 0.1) is 5.69 Å². The van der Waals surface area contributed by atoms with Gasteiger partial charge in [-0.3, -0.25) is 9.20 Å². The maximum Gasteiger partial charge on any atom is 0.573 e. The zero-order valence-electron chi connectivity index (χ0n) is 17.5. The van der Waals surface area contributed by atoms with E-state index < -0.39 is 6.36 Å². The highest BCUT2D eigenvalue weighted by molar-refractivity contribution is 9.10. The molecule has 33 heavy (non-hydrogen) atoms. The summed E-state index contributed by atoms with van der Waals surface area (Å²) in [5, 5.41) is 2.94. The Morgan fingerprint density at radius 3 is 2.27 bits per heavy atom. The molecule has 0 aliphatic heterocycles. The molecule has 9 heteroatoms. The van der Waals surface area contributed by atoms with E-state index in [-0.39, 0.29) is 11.7 Å².